The molecule has 2 rings (SSSR count). The number of nitrogens with two attached hydrogens (primary N) is 1. The summed E-state index contributed by atoms with van der Waals surface area (Å²) in [5.41, 5.74) is 6.46. The van der Waals surface area contributed by atoms with Crippen LogP contribution in [0.1, 0.15) is 50.2 Å². The van der Waals surface area contributed by atoms with Crippen molar-refractivity contribution < 1.29 is 9.60 Å². The molecule has 0 amide bonds. The lowest BCUT2D eigenvalue weighted by atomic mass is 9.96. The standard InChI is InChI=1S/C16H24FN3O/c1-11-5-3-2-4-6-15(11)19-10-13-8-7-12(9-14(13)17)16(18)20-21/h7-9,11,15,19,21H,2-6,10H2,1H3,(H2,18,20). The molecule has 0 aliphatic heterocycles. The molecule has 0 heterocycles. The smallest absolute Gasteiger partial charge is 0.170 e. The zero-order valence-electron chi connectivity index (χ0n) is 12.5. The third-order valence-electron chi connectivity index (χ3n) is 4.37. The first-order valence-electron chi connectivity index (χ1n) is 7.61. The van der Waals surface area contributed by atoms with E-state index in [1.54, 1.807) is 12.1 Å². The van der Waals surface area contributed by atoms with Crippen LogP contribution >= 0.6 is 0 Å². The summed E-state index contributed by atoms with van der Waals surface area (Å²) < 4.78 is 14.0. The fourth-order valence-corrected chi connectivity index (χ4v) is 2.95. The van der Waals surface area contributed by atoms with Gasteiger partial charge in [-0.05, 0) is 24.8 Å². The van der Waals surface area contributed by atoms with Crippen molar-refractivity contribution in [1.29, 1.82) is 0 Å². The van der Waals surface area contributed by atoms with Gasteiger partial charge >= 0.3 is 0 Å². The molecule has 2 atom stereocenters. The Labute approximate surface area is 125 Å². The molecule has 1 aliphatic rings. The zero-order chi connectivity index (χ0) is 15.2. The van der Waals surface area contributed by atoms with Crippen LogP contribution in [0.25, 0.3) is 0 Å². The van der Waals surface area contributed by atoms with E-state index in [1.165, 1.54) is 31.7 Å². The lowest BCUT2D eigenvalue weighted by Crippen LogP contribution is -2.34. The third-order valence-corrected chi connectivity index (χ3v) is 4.37. The molecule has 1 aromatic rings. The van der Waals surface area contributed by atoms with Crippen molar-refractivity contribution in [2.45, 2.75) is 51.6 Å². The summed E-state index contributed by atoms with van der Waals surface area (Å²) in [4.78, 5) is 0. The van der Waals surface area contributed by atoms with Crippen LogP contribution in [0.2, 0.25) is 0 Å². The maximum absolute atomic E-state index is 14.0. The number of hydrogen-bond donors (Lipinski definition) is 3. The molecule has 0 aromatic heterocycles. The summed E-state index contributed by atoms with van der Waals surface area (Å²) in [5, 5.41) is 15.0. The van der Waals surface area contributed by atoms with Crippen molar-refractivity contribution in [2.75, 3.05) is 0 Å². The second-order valence-corrected chi connectivity index (χ2v) is 5.89. The van der Waals surface area contributed by atoms with E-state index in [0.29, 0.717) is 29.6 Å². The predicted molar refractivity (Wildman–Crippen MR) is 81.8 cm³/mol. The lowest BCUT2D eigenvalue weighted by molar-refractivity contribution is 0.318. The SMILES string of the molecule is CC1CCCCCC1NCc1ccc(C(N)=NO)cc1F. The fraction of sp³-hybridized carbons (Fsp3) is 0.562. The molecular weight excluding hydrogens is 269 g/mol. The summed E-state index contributed by atoms with van der Waals surface area (Å²) in [7, 11) is 0. The molecule has 1 aromatic carbocycles. The van der Waals surface area contributed by atoms with E-state index in [4.69, 9.17) is 10.9 Å². The van der Waals surface area contributed by atoms with Crippen LogP contribution in [-0.2, 0) is 6.54 Å². The van der Waals surface area contributed by atoms with Gasteiger partial charge in [-0.1, -0.05) is 43.5 Å². The molecule has 0 radical (unpaired) electrons. The van der Waals surface area contributed by atoms with Gasteiger partial charge in [0.15, 0.2) is 5.84 Å². The molecule has 1 saturated carbocycles. The topological polar surface area (TPSA) is 70.6 Å². The molecule has 0 saturated heterocycles. The monoisotopic (exact) mass is 293 g/mol. The molecule has 5 heteroatoms. The molecule has 21 heavy (non-hydrogen) atoms. The number of halogens is 1. The van der Waals surface area contributed by atoms with E-state index >= 15 is 0 Å². The highest BCUT2D eigenvalue weighted by Crippen LogP contribution is 2.23. The maximum Gasteiger partial charge on any atom is 0.170 e. The Balaban J connectivity index is 1.99. The van der Waals surface area contributed by atoms with Crippen LogP contribution in [0.5, 0.6) is 0 Å². The zero-order valence-corrected chi connectivity index (χ0v) is 12.5. The molecule has 0 spiro atoms. The fourth-order valence-electron chi connectivity index (χ4n) is 2.95. The van der Waals surface area contributed by atoms with E-state index in [2.05, 4.69) is 17.4 Å². The molecule has 4 nitrogen and oxygen atoms in total. The Morgan fingerprint density at radius 1 is 1.38 bits per heavy atom. The summed E-state index contributed by atoms with van der Waals surface area (Å²) >= 11 is 0. The van der Waals surface area contributed by atoms with Crippen LogP contribution in [0.4, 0.5) is 4.39 Å². The highest BCUT2D eigenvalue weighted by atomic mass is 19.1. The highest BCUT2D eigenvalue weighted by Gasteiger charge is 2.19. The average Bonchev–Trinajstić information content (AvgIpc) is 2.69. The number of rotatable bonds is 4. The minimum Gasteiger partial charge on any atom is -0.409 e. The van der Waals surface area contributed by atoms with Crippen LogP contribution < -0.4 is 11.1 Å². The Kier molecular flexibility index (Phi) is 5.56. The Morgan fingerprint density at radius 2 is 2.14 bits per heavy atom. The summed E-state index contributed by atoms with van der Waals surface area (Å²) in [5.74, 6) is 0.227. The van der Waals surface area contributed by atoms with Gasteiger partial charge in [-0.2, -0.15) is 0 Å². The van der Waals surface area contributed by atoms with Gasteiger partial charge in [0.2, 0.25) is 0 Å². The van der Waals surface area contributed by atoms with Gasteiger partial charge in [0.25, 0.3) is 0 Å². The van der Waals surface area contributed by atoms with E-state index in [-0.39, 0.29) is 11.7 Å². The summed E-state index contributed by atoms with van der Waals surface area (Å²) in [6, 6.07) is 5.13. The Hall–Kier alpha value is -1.62. The van der Waals surface area contributed by atoms with Gasteiger partial charge in [0, 0.05) is 23.7 Å². The third kappa shape index (κ3) is 4.17. The van der Waals surface area contributed by atoms with Crippen LogP contribution in [0, 0.1) is 11.7 Å². The van der Waals surface area contributed by atoms with Crippen molar-refractivity contribution in [3.8, 4) is 0 Å². The number of hydrogen-bond acceptors (Lipinski definition) is 3. The van der Waals surface area contributed by atoms with Crippen molar-refractivity contribution in [1.82, 2.24) is 5.32 Å². The lowest BCUT2D eigenvalue weighted by Gasteiger charge is -2.23. The first-order valence-corrected chi connectivity index (χ1v) is 7.61. The quantitative estimate of drug-likeness (QED) is 0.263. The summed E-state index contributed by atoms with van der Waals surface area (Å²) in [6.07, 6.45) is 6.23. The predicted octanol–water partition coefficient (Wildman–Crippen LogP) is 2.98. The molecule has 0 bridgehead atoms. The number of amidine groups is 1. The average molecular weight is 293 g/mol. The first kappa shape index (κ1) is 15.8. The van der Waals surface area contributed by atoms with Gasteiger partial charge in [0.1, 0.15) is 5.82 Å². The highest BCUT2D eigenvalue weighted by molar-refractivity contribution is 5.97. The van der Waals surface area contributed by atoms with Gasteiger partial charge < -0.3 is 16.3 Å². The number of nitrogens with one attached hydrogen (secondary N) is 1. The number of benzene rings is 1. The largest absolute Gasteiger partial charge is 0.409 e. The molecule has 1 aliphatic carbocycles. The van der Waals surface area contributed by atoms with Crippen molar-refractivity contribution in [3.63, 3.8) is 0 Å². The van der Waals surface area contributed by atoms with Gasteiger partial charge in [0.05, 0.1) is 0 Å². The first-order chi connectivity index (χ1) is 10.1. The molecular formula is C16H24FN3O. The molecule has 4 N–H and O–H groups in total. The second-order valence-electron chi connectivity index (χ2n) is 5.89. The van der Waals surface area contributed by atoms with E-state index in [1.807, 2.05) is 0 Å². The van der Waals surface area contributed by atoms with Gasteiger partial charge in [-0.3, -0.25) is 0 Å². The second kappa shape index (κ2) is 7.41. The van der Waals surface area contributed by atoms with Gasteiger partial charge in [-0.25, -0.2) is 4.39 Å². The number of nitrogens with zero attached hydrogens (tertiary/aromatic N) is 1. The molecule has 1 fully saturated rings. The van der Waals surface area contributed by atoms with E-state index < -0.39 is 0 Å². The molecule has 2 unspecified atom stereocenters. The summed E-state index contributed by atoms with van der Waals surface area (Å²) in [6.45, 7) is 2.78. The minimum atomic E-state index is -0.326. The van der Waals surface area contributed by atoms with Crippen molar-refractivity contribution >= 4 is 5.84 Å². The van der Waals surface area contributed by atoms with Crippen molar-refractivity contribution in [3.05, 3.63) is 35.1 Å². The Bertz CT molecular complexity index is 504. The molecule has 116 valence electrons. The minimum absolute atomic E-state index is 0.0780. The number of oxime groups is 1. The van der Waals surface area contributed by atoms with Crippen molar-refractivity contribution in [2.24, 2.45) is 16.8 Å². The maximum atomic E-state index is 14.0. The van der Waals surface area contributed by atoms with Crippen LogP contribution in [0.15, 0.2) is 23.4 Å². The van der Waals surface area contributed by atoms with E-state index in [9.17, 15) is 4.39 Å². The van der Waals surface area contributed by atoms with Gasteiger partial charge in [-0.15, -0.1) is 0 Å². The van der Waals surface area contributed by atoms with Crippen LogP contribution in [-0.4, -0.2) is 17.1 Å². The Morgan fingerprint density at radius 3 is 2.86 bits per heavy atom. The van der Waals surface area contributed by atoms with Crippen LogP contribution in [0.3, 0.4) is 0 Å². The normalized spacial score (nSPS) is 23.8. The van der Waals surface area contributed by atoms with E-state index in [0.717, 1.165) is 6.42 Å².